The molecule has 1 aromatic carbocycles. The molecule has 134 valence electrons. The molecular weight excluding hydrogens is 323 g/mol. The molecule has 0 saturated carbocycles. The van der Waals surface area contributed by atoms with E-state index in [1.54, 1.807) is 19.1 Å². The van der Waals surface area contributed by atoms with Gasteiger partial charge in [0.25, 0.3) is 0 Å². The number of amides is 1. The van der Waals surface area contributed by atoms with E-state index in [2.05, 4.69) is 33.1 Å². The summed E-state index contributed by atoms with van der Waals surface area (Å²) in [5.74, 6) is 0.159. The average molecular weight is 346 g/mol. The summed E-state index contributed by atoms with van der Waals surface area (Å²) in [6.07, 6.45) is 2.19. The molecule has 3 rings (SSSR count). The Kier molecular flexibility index (Phi) is 5.37. The minimum atomic E-state index is -0.564. The van der Waals surface area contributed by atoms with E-state index in [4.69, 9.17) is 0 Å². The largest absolute Gasteiger partial charge is 0.351 e. The molecule has 0 aliphatic carbocycles. The van der Waals surface area contributed by atoms with E-state index in [9.17, 15) is 9.18 Å². The van der Waals surface area contributed by atoms with Crippen molar-refractivity contribution in [2.24, 2.45) is 0 Å². The third kappa shape index (κ3) is 4.39. The molecule has 3 atom stereocenters. The first-order valence-corrected chi connectivity index (χ1v) is 8.55. The van der Waals surface area contributed by atoms with Crippen LogP contribution in [0.4, 0.5) is 4.39 Å². The minimum absolute atomic E-state index is 0.112. The highest BCUT2D eigenvalue weighted by Crippen LogP contribution is 2.17. The van der Waals surface area contributed by atoms with Gasteiger partial charge in [0, 0.05) is 18.5 Å². The SMILES string of the molecule is Cc1nnnn1C(Cc1ccc(F)cc1)C(=O)NC1CCNC(C)C1. The van der Waals surface area contributed by atoms with Crippen LogP contribution in [0.2, 0.25) is 0 Å². The molecule has 1 aliphatic heterocycles. The average Bonchev–Trinajstić information content (AvgIpc) is 3.00. The Balaban J connectivity index is 1.77. The molecule has 2 heterocycles. The molecule has 0 spiro atoms. The standard InChI is InChI=1S/C17H23FN6O/c1-11-9-15(7-8-19-11)20-17(25)16(24-12(2)21-22-23-24)10-13-3-5-14(18)6-4-13/h3-6,11,15-16,19H,7-10H2,1-2H3,(H,20,25). The van der Waals surface area contributed by atoms with Crippen molar-refractivity contribution in [2.75, 3.05) is 6.54 Å². The molecule has 1 aliphatic rings. The predicted molar refractivity (Wildman–Crippen MR) is 90.3 cm³/mol. The highest BCUT2D eigenvalue weighted by atomic mass is 19.1. The molecule has 1 saturated heterocycles. The van der Waals surface area contributed by atoms with Crippen LogP contribution in [0.1, 0.15) is 37.2 Å². The summed E-state index contributed by atoms with van der Waals surface area (Å²) in [4.78, 5) is 12.9. The Labute approximate surface area is 146 Å². The smallest absolute Gasteiger partial charge is 0.245 e. The number of piperidine rings is 1. The van der Waals surface area contributed by atoms with Crippen LogP contribution in [0.5, 0.6) is 0 Å². The Morgan fingerprint density at radius 2 is 2.20 bits per heavy atom. The van der Waals surface area contributed by atoms with E-state index in [-0.39, 0.29) is 17.8 Å². The van der Waals surface area contributed by atoms with Gasteiger partial charge in [-0.3, -0.25) is 4.79 Å². The van der Waals surface area contributed by atoms with E-state index in [1.807, 2.05) is 0 Å². The summed E-state index contributed by atoms with van der Waals surface area (Å²) in [5.41, 5.74) is 0.857. The Bertz CT molecular complexity index is 716. The van der Waals surface area contributed by atoms with Gasteiger partial charge in [0.15, 0.2) is 0 Å². The van der Waals surface area contributed by atoms with Gasteiger partial charge in [0.2, 0.25) is 5.91 Å². The third-order valence-electron chi connectivity index (χ3n) is 4.57. The lowest BCUT2D eigenvalue weighted by Gasteiger charge is -2.30. The van der Waals surface area contributed by atoms with Gasteiger partial charge in [-0.25, -0.2) is 9.07 Å². The second-order valence-electron chi connectivity index (χ2n) is 6.60. The number of nitrogens with one attached hydrogen (secondary N) is 2. The summed E-state index contributed by atoms with van der Waals surface area (Å²) >= 11 is 0. The second kappa shape index (κ2) is 7.69. The number of hydrogen-bond donors (Lipinski definition) is 2. The van der Waals surface area contributed by atoms with Crippen molar-refractivity contribution in [2.45, 2.75) is 51.2 Å². The van der Waals surface area contributed by atoms with Gasteiger partial charge in [0.05, 0.1) is 0 Å². The van der Waals surface area contributed by atoms with Crippen molar-refractivity contribution in [3.8, 4) is 0 Å². The first-order valence-electron chi connectivity index (χ1n) is 8.55. The molecule has 3 unspecified atom stereocenters. The lowest BCUT2D eigenvalue weighted by molar-refractivity contribution is -0.125. The number of benzene rings is 1. The van der Waals surface area contributed by atoms with Gasteiger partial charge in [-0.1, -0.05) is 12.1 Å². The number of carbonyl (C=O) groups is 1. The molecule has 8 heteroatoms. The summed E-state index contributed by atoms with van der Waals surface area (Å²) in [5, 5.41) is 18.0. The van der Waals surface area contributed by atoms with Crippen LogP contribution in [0.3, 0.4) is 0 Å². The number of aryl methyl sites for hydroxylation is 1. The molecule has 7 nitrogen and oxygen atoms in total. The van der Waals surface area contributed by atoms with Crippen molar-refractivity contribution in [3.63, 3.8) is 0 Å². The fourth-order valence-electron chi connectivity index (χ4n) is 3.22. The fraction of sp³-hybridized carbons (Fsp3) is 0.529. The number of rotatable bonds is 5. The zero-order valence-electron chi connectivity index (χ0n) is 14.4. The first kappa shape index (κ1) is 17.5. The zero-order valence-corrected chi connectivity index (χ0v) is 14.4. The second-order valence-corrected chi connectivity index (χ2v) is 6.60. The van der Waals surface area contributed by atoms with Crippen LogP contribution < -0.4 is 10.6 Å². The molecule has 1 fully saturated rings. The molecule has 2 N–H and O–H groups in total. The normalized spacial score (nSPS) is 21.7. The van der Waals surface area contributed by atoms with Gasteiger partial charge >= 0.3 is 0 Å². The molecule has 0 radical (unpaired) electrons. The monoisotopic (exact) mass is 346 g/mol. The van der Waals surface area contributed by atoms with E-state index < -0.39 is 6.04 Å². The first-order chi connectivity index (χ1) is 12.0. The maximum atomic E-state index is 13.1. The van der Waals surface area contributed by atoms with E-state index in [0.717, 1.165) is 24.9 Å². The minimum Gasteiger partial charge on any atom is -0.351 e. The molecule has 25 heavy (non-hydrogen) atoms. The van der Waals surface area contributed by atoms with Crippen LogP contribution in [0.25, 0.3) is 0 Å². The third-order valence-corrected chi connectivity index (χ3v) is 4.57. The lowest BCUT2D eigenvalue weighted by atomic mass is 9.99. The topological polar surface area (TPSA) is 84.7 Å². The van der Waals surface area contributed by atoms with E-state index >= 15 is 0 Å². The van der Waals surface area contributed by atoms with Crippen molar-refractivity contribution in [3.05, 3.63) is 41.5 Å². The number of tetrazole rings is 1. The highest BCUT2D eigenvalue weighted by Gasteiger charge is 2.28. The summed E-state index contributed by atoms with van der Waals surface area (Å²) in [7, 11) is 0. The maximum Gasteiger partial charge on any atom is 0.245 e. The van der Waals surface area contributed by atoms with Gasteiger partial charge in [-0.15, -0.1) is 5.10 Å². The molecule has 0 bridgehead atoms. The number of carbonyl (C=O) groups excluding carboxylic acids is 1. The molecule has 1 amide bonds. The van der Waals surface area contributed by atoms with Gasteiger partial charge in [-0.05, 0) is 61.4 Å². The number of nitrogens with zero attached hydrogens (tertiary/aromatic N) is 4. The maximum absolute atomic E-state index is 13.1. The number of aromatic nitrogens is 4. The fourth-order valence-corrected chi connectivity index (χ4v) is 3.22. The van der Waals surface area contributed by atoms with Gasteiger partial charge in [0.1, 0.15) is 17.7 Å². The van der Waals surface area contributed by atoms with Crippen LogP contribution in [0.15, 0.2) is 24.3 Å². The van der Waals surface area contributed by atoms with Crippen molar-refractivity contribution in [1.29, 1.82) is 0 Å². The Morgan fingerprint density at radius 3 is 2.84 bits per heavy atom. The highest BCUT2D eigenvalue weighted by molar-refractivity contribution is 5.80. The van der Waals surface area contributed by atoms with Crippen molar-refractivity contribution in [1.82, 2.24) is 30.8 Å². The summed E-state index contributed by atoms with van der Waals surface area (Å²) in [6.45, 7) is 4.76. The summed E-state index contributed by atoms with van der Waals surface area (Å²) in [6, 6.07) is 6.10. The Hall–Kier alpha value is -2.35. The van der Waals surface area contributed by atoms with Crippen LogP contribution in [0, 0.1) is 12.7 Å². The van der Waals surface area contributed by atoms with Crippen LogP contribution in [-0.4, -0.2) is 44.7 Å². The van der Waals surface area contributed by atoms with Crippen molar-refractivity contribution < 1.29 is 9.18 Å². The van der Waals surface area contributed by atoms with Crippen molar-refractivity contribution >= 4 is 5.91 Å². The number of halogens is 1. The predicted octanol–water partition coefficient (Wildman–Crippen LogP) is 1.16. The van der Waals surface area contributed by atoms with Crippen LogP contribution >= 0.6 is 0 Å². The van der Waals surface area contributed by atoms with Gasteiger partial charge in [-0.2, -0.15) is 0 Å². The summed E-state index contributed by atoms with van der Waals surface area (Å²) < 4.78 is 14.7. The molecule has 2 aromatic rings. The Morgan fingerprint density at radius 1 is 1.44 bits per heavy atom. The zero-order chi connectivity index (χ0) is 17.8. The van der Waals surface area contributed by atoms with E-state index in [1.165, 1.54) is 16.8 Å². The number of hydrogen-bond acceptors (Lipinski definition) is 5. The van der Waals surface area contributed by atoms with Gasteiger partial charge < -0.3 is 10.6 Å². The quantitative estimate of drug-likeness (QED) is 0.849. The molecule has 1 aromatic heterocycles. The van der Waals surface area contributed by atoms with E-state index in [0.29, 0.717) is 18.3 Å². The molecular formula is C17H23FN6O. The van der Waals surface area contributed by atoms with Crippen LogP contribution in [-0.2, 0) is 11.2 Å². The lowest BCUT2D eigenvalue weighted by Crippen LogP contribution is -2.48.